The predicted molar refractivity (Wildman–Crippen MR) is 87.4 cm³/mol. The fourth-order valence-electron chi connectivity index (χ4n) is 2.04. The monoisotopic (exact) mass is 328 g/mol. The Hall–Kier alpha value is -3.28. The third kappa shape index (κ3) is 4.61. The molecule has 2 aromatic rings. The number of benzene rings is 2. The summed E-state index contributed by atoms with van der Waals surface area (Å²) >= 11 is 0. The summed E-state index contributed by atoms with van der Waals surface area (Å²) in [6.07, 6.45) is 2.53. The van der Waals surface area contributed by atoms with Gasteiger partial charge in [0.1, 0.15) is 18.1 Å². The highest BCUT2D eigenvalue weighted by molar-refractivity contribution is 5.87. The van der Waals surface area contributed by atoms with Gasteiger partial charge in [0, 0.05) is 11.6 Å². The van der Waals surface area contributed by atoms with Crippen molar-refractivity contribution in [1.29, 1.82) is 0 Å². The number of hydrogen-bond acceptors (Lipinski definition) is 4. The molecule has 2 aromatic carbocycles. The second-order valence-electron chi connectivity index (χ2n) is 4.86. The van der Waals surface area contributed by atoms with Gasteiger partial charge in [-0.25, -0.2) is 9.59 Å². The molecule has 0 bridgehead atoms. The van der Waals surface area contributed by atoms with E-state index >= 15 is 0 Å². The average Bonchev–Trinajstić information content (AvgIpc) is 2.58. The largest absolute Gasteiger partial charge is 0.496 e. The van der Waals surface area contributed by atoms with Gasteiger partial charge in [-0.2, -0.15) is 0 Å². The Morgan fingerprint density at radius 2 is 1.79 bits per heavy atom. The normalized spacial score (nSPS) is 10.5. The highest BCUT2D eigenvalue weighted by atomic mass is 16.5. The molecule has 0 fully saturated rings. The van der Waals surface area contributed by atoms with Crippen LogP contribution in [-0.2, 0) is 11.4 Å². The zero-order chi connectivity index (χ0) is 17.5. The van der Waals surface area contributed by atoms with Crippen LogP contribution < -0.4 is 9.47 Å². The molecule has 2 rings (SSSR count). The molecule has 0 spiro atoms. The van der Waals surface area contributed by atoms with Crippen LogP contribution in [0.2, 0.25) is 0 Å². The highest BCUT2D eigenvalue weighted by Crippen LogP contribution is 2.23. The van der Waals surface area contributed by atoms with Gasteiger partial charge >= 0.3 is 11.9 Å². The van der Waals surface area contributed by atoms with Gasteiger partial charge in [-0.1, -0.05) is 6.07 Å². The number of carbonyl (C=O) groups is 2. The van der Waals surface area contributed by atoms with Gasteiger partial charge < -0.3 is 19.7 Å². The van der Waals surface area contributed by atoms with Crippen molar-refractivity contribution in [2.45, 2.75) is 6.61 Å². The molecular weight excluding hydrogens is 312 g/mol. The van der Waals surface area contributed by atoms with E-state index in [4.69, 9.17) is 19.7 Å². The van der Waals surface area contributed by atoms with Crippen molar-refractivity contribution in [2.75, 3.05) is 7.11 Å². The maximum Gasteiger partial charge on any atom is 0.335 e. The van der Waals surface area contributed by atoms with Crippen molar-refractivity contribution in [1.82, 2.24) is 0 Å². The molecule has 0 atom stereocenters. The van der Waals surface area contributed by atoms with E-state index in [1.165, 1.54) is 25.3 Å². The van der Waals surface area contributed by atoms with Crippen molar-refractivity contribution >= 4 is 18.0 Å². The summed E-state index contributed by atoms with van der Waals surface area (Å²) in [5.41, 5.74) is 1.63. The lowest BCUT2D eigenvalue weighted by Gasteiger charge is -2.11. The lowest BCUT2D eigenvalue weighted by atomic mass is 10.1. The molecule has 6 nitrogen and oxygen atoms in total. The number of ether oxygens (including phenoxy) is 2. The van der Waals surface area contributed by atoms with E-state index in [0.717, 1.165) is 11.6 Å². The lowest BCUT2D eigenvalue weighted by molar-refractivity contribution is -0.131. The smallest absolute Gasteiger partial charge is 0.335 e. The van der Waals surface area contributed by atoms with Crippen molar-refractivity contribution in [3.63, 3.8) is 0 Å². The van der Waals surface area contributed by atoms with Gasteiger partial charge in [-0.3, -0.25) is 0 Å². The Kier molecular flexibility index (Phi) is 5.57. The zero-order valence-electron chi connectivity index (χ0n) is 12.9. The number of methoxy groups -OCH3 is 1. The second kappa shape index (κ2) is 7.82. The molecule has 0 aliphatic carbocycles. The first-order valence-corrected chi connectivity index (χ1v) is 7.03. The molecule has 6 heteroatoms. The summed E-state index contributed by atoms with van der Waals surface area (Å²) in [4.78, 5) is 21.4. The maximum absolute atomic E-state index is 10.8. The van der Waals surface area contributed by atoms with Gasteiger partial charge in [0.15, 0.2) is 0 Å². The summed E-state index contributed by atoms with van der Waals surface area (Å²) in [5, 5.41) is 17.5. The zero-order valence-corrected chi connectivity index (χ0v) is 12.9. The fraction of sp³-hybridized carbons (Fsp3) is 0.111. The maximum atomic E-state index is 10.8. The van der Waals surface area contributed by atoms with E-state index in [1.807, 2.05) is 0 Å². The molecule has 0 radical (unpaired) electrons. The van der Waals surface area contributed by atoms with Gasteiger partial charge in [-0.15, -0.1) is 0 Å². The Morgan fingerprint density at radius 1 is 1.08 bits per heavy atom. The summed E-state index contributed by atoms with van der Waals surface area (Å²) < 4.78 is 10.9. The standard InChI is InChI=1S/C18H16O6/c1-23-16-8-2-12(3-9-17(19)20)10-14(16)11-24-15-6-4-13(5-7-15)18(21)22/h2-10H,11H2,1H3,(H,19,20)(H,21,22). The van der Waals surface area contributed by atoms with Crippen molar-refractivity contribution in [3.8, 4) is 11.5 Å². The van der Waals surface area contributed by atoms with Crippen molar-refractivity contribution in [2.24, 2.45) is 0 Å². The van der Waals surface area contributed by atoms with Gasteiger partial charge in [0.25, 0.3) is 0 Å². The van der Waals surface area contributed by atoms with Crippen molar-refractivity contribution in [3.05, 3.63) is 65.2 Å². The SMILES string of the molecule is COc1ccc(C=CC(=O)O)cc1COc1ccc(C(=O)O)cc1. The van der Waals surface area contributed by atoms with Crippen LogP contribution in [0.4, 0.5) is 0 Å². The molecule has 0 unspecified atom stereocenters. The van der Waals surface area contributed by atoms with Crippen LogP contribution in [0.1, 0.15) is 21.5 Å². The van der Waals surface area contributed by atoms with Crippen molar-refractivity contribution < 1.29 is 29.3 Å². The molecule has 0 amide bonds. The van der Waals surface area contributed by atoms with Crippen LogP contribution in [0.3, 0.4) is 0 Å². The number of aliphatic carboxylic acids is 1. The van der Waals surface area contributed by atoms with Crippen LogP contribution in [-0.4, -0.2) is 29.3 Å². The summed E-state index contributed by atoms with van der Waals surface area (Å²) in [6, 6.07) is 11.3. The molecule has 24 heavy (non-hydrogen) atoms. The minimum absolute atomic E-state index is 0.181. The Balaban J connectivity index is 2.13. The molecule has 2 N–H and O–H groups in total. The third-order valence-electron chi connectivity index (χ3n) is 3.22. The van der Waals surface area contributed by atoms with E-state index in [1.54, 1.807) is 30.3 Å². The highest BCUT2D eigenvalue weighted by Gasteiger charge is 2.06. The lowest BCUT2D eigenvalue weighted by Crippen LogP contribution is -2.00. The van der Waals surface area contributed by atoms with E-state index in [2.05, 4.69) is 0 Å². The minimum atomic E-state index is -1.03. The predicted octanol–water partition coefficient (Wildman–Crippen LogP) is 3.07. The summed E-state index contributed by atoms with van der Waals surface area (Å²) in [7, 11) is 1.53. The number of carboxylic acid groups (broad SMARTS) is 2. The van der Waals surface area contributed by atoms with Gasteiger partial charge in [-0.05, 0) is 48.0 Å². The van der Waals surface area contributed by atoms with Gasteiger partial charge in [0.05, 0.1) is 12.7 Å². The van der Waals surface area contributed by atoms with Crippen LogP contribution in [0.5, 0.6) is 11.5 Å². The van der Waals surface area contributed by atoms with E-state index in [-0.39, 0.29) is 12.2 Å². The van der Waals surface area contributed by atoms with E-state index in [0.29, 0.717) is 17.1 Å². The third-order valence-corrected chi connectivity index (χ3v) is 3.22. The topological polar surface area (TPSA) is 93.1 Å². The summed E-state index contributed by atoms with van der Waals surface area (Å²) in [6.45, 7) is 0.199. The van der Waals surface area contributed by atoms with Gasteiger partial charge in [0.2, 0.25) is 0 Å². The Bertz CT molecular complexity index is 762. The van der Waals surface area contributed by atoms with Crippen LogP contribution >= 0.6 is 0 Å². The quantitative estimate of drug-likeness (QED) is 0.759. The summed E-state index contributed by atoms with van der Waals surface area (Å²) in [5.74, 6) is -0.888. The van der Waals surface area contributed by atoms with Crippen LogP contribution in [0, 0.1) is 0 Å². The van der Waals surface area contributed by atoms with Crippen LogP contribution in [0.15, 0.2) is 48.5 Å². The van der Waals surface area contributed by atoms with Crippen LogP contribution in [0.25, 0.3) is 6.08 Å². The van der Waals surface area contributed by atoms with E-state index < -0.39 is 11.9 Å². The van der Waals surface area contributed by atoms with E-state index in [9.17, 15) is 9.59 Å². The number of rotatable bonds is 7. The molecule has 124 valence electrons. The molecule has 0 aliphatic heterocycles. The molecule has 0 heterocycles. The number of carboxylic acids is 2. The first-order chi connectivity index (χ1) is 11.5. The molecule has 0 aliphatic rings. The first kappa shape index (κ1) is 17.1. The Labute approximate surface area is 138 Å². The molecule has 0 saturated carbocycles. The minimum Gasteiger partial charge on any atom is -0.496 e. The molecular formula is C18H16O6. The first-order valence-electron chi connectivity index (χ1n) is 7.03. The fourth-order valence-corrected chi connectivity index (χ4v) is 2.04. The average molecular weight is 328 g/mol. The second-order valence-corrected chi connectivity index (χ2v) is 4.86. The number of aromatic carboxylic acids is 1. The number of hydrogen-bond donors (Lipinski definition) is 2. The Morgan fingerprint density at radius 3 is 2.38 bits per heavy atom. The molecule has 0 aromatic heterocycles. The molecule has 0 saturated heterocycles.